The van der Waals surface area contributed by atoms with E-state index in [1.807, 2.05) is 0 Å². The second-order valence-electron chi connectivity index (χ2n) is 8.08. The molecule has 1 saturated carbocycles. The molecule has 0 unspecified atom stereocenters. The summed E-state index contributed by atoms with van der Waals surface area (Å²) in [5.74, 6) is 0.358. The quantitative estimate of drug-likeness (QED) is 0.850. The van der Waals surface area contributed by atoms with E-state index in [1.54, 1.807) is 0 Å². The molecule has 0 radical (unpaired) electrons. The summed E-state index contributed by atoms with van der Waals surface area (Å²) in [5.41, 5.74) is 1.76. The molecule has 2 aliphatic rings. The molecule has 126 valence electrons. The first-order chi connectivity index (χ1) is 10.9. The van der Waals surface area contributed by atoms with Crippen LogP contribution in [-0.2, 0) is 10.3 Å². The second-order valence-corrected chi connectivity index (χ2v) is 8.08. The Morgan fingerprint density at radius 3 is 2.13 bits per heavy atom. The van der Waals surface area contributed by atoms with Gasteiger partial charge < -0.3 is 4.90 Å². The highest BCUT2D eigenvalue weighted by molar-refractivity contribution is 5.79. The lowest BCUT2D eigenvalue weighted by atomic mass is 9.64. The number of carbonyl (C=O) groups excluding carboxylic acids is 1. The molecule has 1 spiro atoms. The fourth-order valence-corrected chi connectivity index (χ4v) is 4.67. The van der Waals surface area contributed by atoms with Gasteiger partial charge in [-0.1, -0.05) is 30.3 Å². The lowest BCUT2D eigenvalue weighted by molar-refractivity contribution is -0.129. The molecule has 1 saturated heterocycles. The Labute approximate surface area is 140 Å². The Kier molecular flexibility index (Phi) is 4.26. The van der Waals surface area contributed by atoms with Gasteiger partial charge in [0.15, 0.2) is 0 Å². The lowest BCUT2D eigenvalue weighted by Crippen LogP contribution is -2.47. The van der Waals surface area contributed by atoms with E-state index in [0.717, 1.165) is 38.6 Å². The van der Waals surface area contributed by atoms with Gasteiger partial charge in [0.1, 0.15) is 0 Å². The van der Waals surface area contributed by atoms with E-state index >= 15 is 0 Å². The van der Waals surface area contributed by atoms with Gasteiger partial charge in [0.25, 0.3) is 0 Å². The number of carbonyl (C=O) groups is 1. The van der Waals surface area contributed by atoms with Crippen LogP contribution in [0.2, 0.25) is 0 Å². The van der Waals surface area contributed by atoms with Crippen molar-refractivity contribution in [2.75, 3.05) is 20.6 Å². The monoisotopic (exact) mass is 314 g/mol. The smallest absolute Gasteiger partial charge is 0.223 e. The van der Waals surface area contributed by atoms with Crippen LogP contribution in [0.1, 0.15) is 51.5 Å². The van der Waals surface area contributed by atoms with Gasteiger partial charge >= 0.3 is 0 Å². The zero-order valence-corrected chi connectivity index (χ0v) is 15.0. The molecule has 1 heterocycles. The van der Waals surface area contributed by atoms with E-state index in [2.05, 4.69) is 68.1 Å². The van der Waals surface area contributed by atoms with Crippen molar-refractivity contribution >= 4 is 5.91 Å². The molecule has 3 nitrogen and oxygen atoms in total. The van der Waals surface area contributed by atoms with E-state index in [4.69, 9.17) is 0 Å². The van der Waals surface area contributed by atoms with Crippen molar-refractivity contribution in [2.45, 2.75) is 57.5 Å². The van der Waals surface area contributed by atoms with Crippen LogP contribution in [-0.4, -0.2) is 42.4 Å². The highest BCUT2D eigenvalue weighted by Gasteiger charge is 2.50. The third kappa shape index (κ3) is 2.80. The lowest BCUT2D eigenvalue weighted by Gasteiger charge is -2.49. The van der Waals surface area contributed by atoms with Gasteiger partial charge in [-0.3, -0.25) is 9.69 Å². The Hall–Kier alpha value is -1.35. The van der Waals surface area contributed by atoms with Crippen molar-refractivity contribution in [3.05, 3.63) is 35.9 Å². The highest BCUT2D eigenvalue weighted by Crippen LogP contribution is 2.52. The SMILES string of the molecule is CC(C)N1CC2(CCC(c3ccccc3)(N(C)C)CC2)CC1=O. The average Bonchev–Trinajstić information content (AvgIpc) is 2.86. The first-order valence-electron chi connectivity index (χ1n) is 8.91. The number of hydrogen-bond donors (Lipinski definition) is 0. The summed E-state index contributed by atoms with van der Waals surface area (Å²) < 4.78 is 0. The van der Waals surface area contributed by atoms with Crippen LogP contribution in [0.5, 0.6) is 0 Å². The summed E-state index contributed by atoms with van der Waals surface area (Å²) in [6.07, 6.45) is 5.33. The van der Waals surface area contributed by atoms with E-state index < -0.39 is 0 Å². The van der Waals surface area contributed by atoms with E-state index in [-0.39, 0.29) is 11.0 Å². The zero-order valence-electron chi connectivity index (χ0n) is 15.0. The minimum absolute atomic E-state index is 0.126. The molecule has 3 rings (SSSR count). The molecule has 1 amide bonds. The fraction of sp³-hybridized carbons (Fsp3) is 0.650. The van der Waals surface area contributed by atoms with Crippen molar-refractivity contribution in [2.24, 2.45) is 5.41 Å². The van der Waals surface area contributed by atoms with Crippen LogP contribution in [0, 0.1) is 5.41 Å². The molecular weight excluding hydrogens is 284 g/mol. The number of nitrogens with zero attached hydrogens (tertiary/aromatic N) is 2. The van der Waals surface area contributed by atoms with Crippen molar-refractivity contribution in [1.29, 1.82) is 0 Å². The normalized spacial score (nSPS) is 31.6. The summed E-state index contributed by atoms with van der Waals surface area (Å²) in [6.45, 7) is 5.23. The van der Waals surface area contributed by atoms with E-state index in [0.29, 0.717) is 11.9 Å². The minimum Gasteiger partial charge on any atom is -0.340 e. The number of hydrogen-bond acceptors (Lipinski definition) is 2. The second kappa shape index (κ2) is 5.94. The standard InChI is InChI=1S/C20H30N2O/c1-16(2)22-15-19(14-18(22)23)10-12-20(13-11-19,21(3)4)17-8-6-5-7-9-17/h5-9,16H,10-15H2,1-4H3. The molecular formula is C20H30N2O. The Morgan fingerprint density at radius 1 is 1.04 bits per heavy atom. The van der Waals surface area contributed by atoms with Crippen molar-refractivity contribution in [1.82, 2.24) is 9.80 Å². The van der Waals surface area contributed by atoms with Crippen LogP contribution in [0.25, 0.3) is 0 Å². The number of benzene rings is 1. The molecule has 0 aromatic heterocycles. The van der Waals surface area contributed by atoms with Crippen LogP contribution >= 0.6 is 0 Å². The molecule has 1 aromatic rings. The van der Waals surface area contributed by atoms with Crippen LogP contribution in [0.3, 0.4) is 0 Å². The third-order valence-electron chi connectivity index (χ3n) is 6.28. The molecule has 1 aromatic carbocycles. The minimum atomic E-state index is 0.126. The van der Waals surface area contributed by atoms with Crippen molar-refractivity contribution in [3.63, 3.8) is 0 Å². The van der Waals surface area contributed by atoms with E-state index in [1.165, 1.54) is 5.56 Å². The van der Waals surface area contributed by atoms with Crippen LogP contribution in [0.15, 0.2) is 30.3 Å². The summed E-state index contributed by atoms with van der Waals surface area (Å²) >= 11 is 0. The van der Waals surface area contributed by atoms with Gasteiger partial charge in [-0.2, -0.15) is 0 Å². The Morgan fingerprint density at radius 2 is 1.65 bits per heavy atom. The third-order valence-corrected chi connectivity index (χ3v) is 6.28. The Balaban J connectivity index is 1.80. The average molecular weight is 314 g/mol. The molecule has 3 heteroatoms. The van der Waals surface area contributed by atoms with Gasteiger partial charge in [0.2, 0.25) is 5.91 Å². The molecule has 1 aliphatic heterocycles. The molecule has 0 atom stereocenters. The fourth-order valence-electron chi connectivity index (χ4n) is 4.67. The van der Waals surface area contributed by atoms with Crippen LogP contribution < -0.4 is 0 Å². The molecule has 0 N–H and O–H groups in total. The zero-order chi connectivity index (χ0) is 16.7. The topological polar surface area (TPSA) is 23.6 Å². The van der Waals surface area contributed by atoms with Gasteiger partial charge in [0, 0.05) is 24.5 Å². The van der Waals surface area contributed by atoms with Gasteiger partial charge in [0.05, 0.1) is 0 Å². The summed E-state index contributed by atoms with van der Waals surface area (Å²) in [4.78, 5) is 16.9. The van der Waals surface area contributed by atoms with Crippen molar-refractivity contribution in [3.8, 4) is 0 Å². The van der Waals surface area contributed by atoms with Gasteiger partial charge in [-0.15, -0.1) is 0 Å². The number of likely N-dealkylation sites (tertiary alicyclic amines) is 1. The number of amides is 1. The van der Waals surface area contributed by atoms with Crippen molar-refractivity contribution < 1.29 is 4.79 Å². The highest BCUT2D eigenvalue weighted by atomic mass is 16.2. The predicted molar refractivity (Wildman–Crippen MR) is 94.2 cm³/mol. The van der Waals surface area contributed by atoms with Gasteiger partial charge in [-0.05, 0) is 64.6 Å². The molecule has 1 aliphatic carbocycles. The predicted octanol–water partition coefficient (Wildman–Crippen LogP) is 3.64. The van der Waals surface area contributed by atoms with Crippen LogP contribution in [0.4, 0.5) is 0 Å². The maximum atomic E-state index is 12.4. The molecule has 0 bridgehead atoms. The largest absolute Gasteiger partial charge is 0.340 e. The number of rotatable bonds is 3. The maximum Gasteiger partial charge on any atom is 0.223 e. The Bertz CT molecular complexity index is 556. The molecule has 2 fully saturated rings. The maximum absolute atomic E-state index is 12.4. The van der Waals surface area contributed by atoms with E-state index in [9.17, 15) is 4.79 Å². The first kappa shape index (κ1) is 16.5. The summed E-state index contributed by atoms with van der Waals surface area (Å²) in [5, 5.41) is 0. The summed E-state index contributed by atoms with van der Waals surface area (Å²) in [7, 11) is 4.40. The summed E-state index contributed by atoms with van der Waals surface area (Å²) in [6, 6.07) is 11.2. The first-order valence-corrected chi connectivity index (χ1v) is 8.91. The molecule has 23 heavy (non-hydrogen) atoms. The van der Waals surface area contributed by atoms with Gasteiger partial charge in [-0.25, -0.2) is 0 Å².